The van der Waals surface area contributed by atoms with Crippen LogP contribution in [0.25, 0.3) is 11.0 Å². The van der Waals surface area contributed by atoms with E-state index in [1.807, 2.05) is 20.4 Å². The summed E-state index contributed by atoms with van der Waals surface area (Å²) in [6.07, 6.45) is 3.82. The van der Waals surface area contributed by atoms with Gasteiger partial charge in [0, 0.05) is 14.1 Å². The summed E-state index contributed by atoms with van der Waals surface area (Å²) in [6.45, 7) is 0. The molecule has 80 valence electrons. The van der Waals surface area contributed by atoms with Gasteiger partial charge in [0.2, 0.25) is 0 Å². The van der Waals surface area contributed by atoms with E-state index in [1.165, 1.54) is 0 Å². The normalized spacial score (nSPS) is 10.9. The molecule has 6 heteroatoms. The first-order valence-corrected chi connectivity index (χ1v) is 6.01. The van der Waals surface area contributed by atoms with Gasteiger partial charge in [0.05, 0.1) is 17.3 Å². The molecule has 0 aliphatic heterocycles. The average Bonchev–Trinajstić information content (AvgIpc) is 2.60. The zero-order valence-electron chi connectivity index (χ0n) is 8.98. The van der Waals surface area contributed by atoms with Gasteiger partial charge in [0.1, 0.15) is 11.6 Å². The Morgan fingerprint density at radius 2 is 2.27 bits per heavy atom. The van der Waals surface area contributed by atoms with Crippen molar-refractivity contribution in [2.45, 2.75) is 5.75 Å². The molecule has 1 N–H and O–H groups in total. The van der Waals surface area contributed by atoms with Gasteiger partial charge in [-0.05, 0) is 6.26 Å². The van der Waals surface area contributed by atoms with Gasteiger partial charge in [-0.2, -0.15) is 16.9 Å². The van der Waals surface area contributed by atoms with Crippen molar-refractivity contribution >= 4 is 28.6 Å². The van der Waals surface area contributed by atoms with Crippen LogP contribution in [0.3, 0.4) is 0 Å². The first kappa shape index (κ1) is 10.2. The van der Waals surface area contributed by atoms with Crippen molar-refractivity contribution < 1.29 is 0 Å². The summed E-state index contributed by atoms with van der Waals surface area (Å²) in [6, 6.07) is 0. The molecule has 2 rings (SSSR count). The van der Waals surface area contributed by atoms with Crippen molar-refractivity contribution in [3.05, 3.63) is 12.0 Å². The molecule has 0 amide bonds. The fourth-order valence-electron chi connectivity index (χ4n) is 1.45. The molecule has 2 heterocycles. The monoisotopic (exact) mass is 223 g/mol. The lowest BCUT2D eigenvalue weighted by Gasteiger charge is -2.04. The second-order valence-corrected chi connectivity index (χ2v) is 4.04. The maximum Gasteiger partial charge on any atom is 0.163 e. The van der Waals surface area contributed by atoms with Gasteiger partial charge < -0.3 is 5.32 Å². The zero-order chi connectivity index (χ0) is 10.8. The molecular weight excluding hydrogens is 210 g/mol. The number of hydrogen-bond donors (Lipinski definition) is 1. The first-order chi connectivity index (χ1) is 7.26. The minimum atomic E-state index is 0.815. The maximum atomic E-state index is 4.46. The third-order valence-corrected chi connectivity index (χ3v) is 2.70. The third-order valence-electron chi connectivity index (χ3n) is 2.15. The van der Waals surface area contributed by atoms with Crippen LogP contribution in [0.1, 0.15) is 5.82 Å². The first-order valence-electron chi connectivity index (χ1n) is 4.61. The van der Waals surface area contributed by atoms with Crippen molar-refractivity contribution in [1.82, 2.24) is 19.7 Å². The van der Waals surface area contributed by atoms with Crippen molar-refractivity contribution in [2.75, 3.05) is 18.6 Å². The van der Waals surface area contributed by atoms with Gasteiger partial charge in [0.25, 0.3) is 0 Å². The van der Waals surface area contributed by atoms with E-state index in [-0.39, 0.29) is 0 Å². The van der Waals surface area contributed by atoms with Crippen LogP contribution in [-0.4, -0.2) is 33.1 Å². The summed E-state index contributed by atoms with van der Waals surface area (Å²) in [5.74, 6) is 2.50. The van der Waals surface area contributed by atoms with E-state index in [2.05, 4.69) is 20.4 Å². The number of anilines is 1. The van der Waals surface area contributed by atoms with Gasteiger partial charge in [-0.25, -0.2) is 9.97 Å². The Morgan fingerprint density at radius 3 is 2.93 bits per heavy atom. The Balaban J connectivity index is 2.62. The second-order valence-electron chi connectivity index (χ2n) is 3.18. The number of aromatic nitrogens is 4. The molecule has 15 heavy (non-hydrogen) atoms. The quantitative estimate of drug-likeness (QED) is 0.849. The molecule has 0 spiro atoms. The number of hydrogen-bond acceptors (Lipinski definition) is 5. The van der Waals surface area contributed by atoms with Gasteiger partial charge in [-0.3, -0.25) is 4.68 Å². The van der Waals surface area contributed by atoms with Crippen LogP contribution in [0.4, 0.5) is 5.82 Å². The second kappa shape index (κ2) is 4.06. The average molecular weight is 223 g/mol. The van der Waals surface area contributed by atoms with Crippen LogP contribution >= 0.6 is 11.8 Å². The predicted octanol–water partition coefficient (Wildman–Crippen LogP) is 1.27. The molecular formula is C9H13N5S. The molecule has 5 nitrogen and oxygen atoms in total. The molecule has 0 saturated carbocycles. The molecule has 0 fully saturated rings. The van der Waals surface area contributed by atoms with Crippen LogP contribution < -0.4 is 5.32 Å². The minimum absolute atomic E-state index is 0.815. The van der Waals surface area contributed by atoms with E-state index in [9.17, 15) is 0 Å². The number of nitrogens with one attached hydrogen (secondary N) is 1. The SMILES string of the molecule is CNc1nc(CSC)nc2c1cnn2C. The standard InChI is InChI=1S/C9H13N5S/c1-10-8-6-4-11-14(2)9(6)13-7(12-8)5-15-3/h4H,5H2,1-3H3,(H,10,12,13). The predicted molar refractivity (Wildman–Crippen MR) is 63.1 cm³/mol. The van der Waals surface area contributed by atoms with Gasteiger partial charge >= 0.3 is 0 Å². The van der Waals surface area contributed by atoms with E-state index in [0.717, 1.165) is 28.4 Å². The largest absolute Gasteiger partial charge is 0.372 e. The Hall–Kier alpha value is -1.30. The van der Waals surface area contributed by atoms with Crippen molar-refractivity contribution in [3.63, 3.8) is 0 Å². The molecule has 2 aromatic rings. The van der Waals surface area contributed by atoms with E-state index in [4.69, 9.17) is 0 Å². The lowest BCUT2D eigenvalue weighted by atomic mass is 10.4. The molecule has 0 bridgehead atoms. The Labute approximate surface area is 92.3 Å². The molecule has 0 aliphatic rings. The summed E-state index contributed by atoms with van der Waals surface area (Å²) in [4.78, 5) is 8.89. The zero-order valence-corrected chi connectivity index (χ0v) is 9.80. The molecule has 0 unspecified atom stereocenters. The highest BCUT2D eigenvalue weighted by atomic mass is 32.2. The number of fused-ring (bicyclic) bond motifs is 1. The Morgan fingerprint density at radius 1 is 1.47 bits per heavy atom. The highest BCUT2D eigenvalue weighted by Gasteiger charge is 2.09. The van der Waals surface area contributed by atoms with E-state index in [1.54, 1.807) is 22.6 Å². The van der Waals surface area contributed by atoms with E-state index < -0.39 is 0 Å². The molecule has 0 aliphatic carbocycles. The molecule has 2 aromatic heterocycles. The summed E-state index contributed by atoms with van der Waals surface area (Å²) < 4.78 is 1.77. The lowest BCUT2D eigenvalue weighted by Crippen LogP contribution is -2.01. The number of rotatable bonds is 3. The Bertz CT molecular complexity index is 479. The van der Waals surface area contributed by atoms with Crippen LogP contribution in [0, 0.1) is 0 Å². The Kier molecular flexibility index (Phi) is 2.77. The van der Waals surface area contributed by atoms with Crippen molar-refractivity contribution in [1.29, 1.82) is 0 Å². The molecule has 0 atom stereocenters. The van der Waals surface area contributed by atoms with Gasteiger partial charge in [-0.1, -0.05) is 0 Å². The number of nitrogens with zero attached hydrogens (tertiary/aromatic N) is 4. The summed E-state index contributed by atoms with van der Waals surface area (Å²) in [5, 5.41) is 8.20. The fraction of sp³-hybridized carbons (Fsp3) is 0.444. The smallest absolute Gasteiger partial charge is 0.163 e. The van der Waals surface area contributed by atoms with E-state index >= 15 is 0 Å². The summed E-state index contributed by atoms with van der Waals surface area (Å²) >= 11 is 1.71. The number of thioether (sulfide) groups is 1. The number of aryl methyl sites for hydroxylation is 1. The van der Waals surface area contributed by atoms with Crippen LogP contribution in [-0.2, 0) is 12.8 Å². The highest BCUT2D eigenvalue weighted by molar-refractivity contribution is 7.97. The van der Waals surface area contributed by atoms with E-state index in [0.29, 0.717) is 0 Å². The highest BCUT2D eigenvalue weighted by Crippen LogP contribution is 2.20. The minimum Gasteiger partial charge on any atom is -0.372 e. The van der Waals surface area contributed by atoms with Crippen LogP contribution in [0.15, 0.2) is 6.20 Å². The third kappa shape index (κ3) is 1.77. The van der Waals surface area contributed by atoms with Gasteiger partial charge in [0.15, 0.2) is 5.65 Å². The topological polar surface area (TPSA) is 55.6 Å². The van der Waals surface area contributed by atoms with Crippen LogP contribution in [0.2, 0.25) is 0 Å². The lowest BCUT2D eigenvalue weighted by molar-refractivity contribution is 0.782. The molecule has 0 aromatic carbocycles. The fourth-order valence-corrected chi connectivity index (χ4v) is 1.84. The van der Waals surface area contributed by atoms with Crippen molar-refractivity contribution in [2.24, 2.45) is 7.05 Å². The maximum absolute atomic E-state index is 4.46. The van der Waals surface area contributed by atoms with Crippen molar-refractivity contribution in [3.8, 4) is 0 Å². The summed E-state index contributed by atoms with van der Waals surface area (Å²) in [5.41, 5.74) is 0.874. The summed E-state index contributed by atoms with van der Waals surface area (Å²) in [7, 11) is 3.75. The van der Waals surface area contributed by atoms with Gasteiger partial charge in [-0.15, -0.1) is 0 Å². The molecule has 0 radical (unpaired) electrons. The van der Waals surface area contributed by atoms with Crippen LogP contribution in [0.5, 0.6) is 0 Å². The molecule has 0 saturated heterocycles.